The molecule has 92 valence electrons. The second-order valence-electron chi connectivity index (χ2n) is 3.43. The molecule has 1 aliphatic heterocycles. The third kappa shape index (κ3) is 2.26. The van der Waals surface area contributed by atoms with Gasteiger partial charge in [0.2, 0.25) is 0 Å². The Morgan fingerprint density at radius 2 is 1.72 bits per heavy atom. The topological polar surface area (TPSA) is 138 Å². The molecule has 0 unspecified atom stereocenters. The highest BCUT2D eigenvalue weighted by molar-refractivity contribution is 6.68. The largest absolute Gasteiger partial charge is 0.478 e. The summed E-state index contributed by atoms with van der Waals surface area (Å²) in [5.74, 6) is -0.735. The predicted octanol–water partition coefficient (Wildman–Crippen LogP) is -0.204. The summed E-state index contributed by atoms with van der Waals surface area (Å²) < 4.78 is 0. The summed E-state index contributed by atoms with van der Waals surface area (Å²) in [7, 11) is 0. The van der Waals surface area contributed by atoms with Gasteiger partial charge >= 0.3 is 5.97 Å². The Kier molecular flexibility index (Phi) is 2.92. The molecule has 0 fully saturated rings. The number of carboxylic acids is 1. The number of hydrogen-bond acceptors (Lipinski definition) is 7. The average Bonchev–Trinajstić information content (AvgIpc) is 2.67. The van der Waals surface area contributed by atoms with Gasteiger partial charge in [-0.3, -0.25) is 5.43 Å². The number of amidine groups is 2. The third-order valence-corrected chi connectivity index (χ3v) is 2.18. The van der Waals surface area contributed by atoms with E-state index >= 15 is 0 Å². The molecular formula is C10H10N6O2. The van der Waals surface area contributed by atoms with Gasteiger partial charge in [0, 0.05) is 0 Å². The molecule has 8 heteroatoms. The Labute approximate surface area is 102 Å². The van der Waals surface area contributed by atoms with Crippen LogP contribution < -0.4 is 16.9 Å². The van der Waals surface area contributed by atoms with Crippen LogP contribution in [0.2, 0.25) is 0 Å². The standard InChI is InChI=1S/C10H10N6O2/c11-8-7(9(12)16-15-8)14-13-6-3-1-5(2-4-6)10(17)18/h1-4,13H,(H,17,18)(H4,11,12,14,15,16). The fraction of sp³-hybridized carbons (Fsp3) is 0. The van der Waals surface area contributed by atoms with Crippen LogP contribution in [0.1, 0.15) is 10.4 Å². The Balaban J connectivity index is 2.11. The van der Waals surface area contributed by atoms with Crippen LogP contribution in [0.15, 0.2) is 39.6 Å². The van der Waals surface area contributed by atoms with Gasteiger partial charge in [0.25, 0.3) is 0 Å². The van der Waals surface area contributed by atoms with Gasteiger partial charge in [-0.2, -0.15) is 5.10 Å². The van der Waals surface area contributed by atoms with Crippen molar-refractivity contribution in [1.29, 1.82) is 0 Å². The van der Waals surface area contributed by atoms with E-state index in [1.807, 2.05) is 0 Å². The highest BCUT2D eigenvalue weighted by Crippen LogP contribution is 2.09. The summed E-state index contributed by atoms with van der Waals surface area (Å²) in [6.45, 7) is 0. The van der Waals surface area contributed by atoms with Gasteiger partial charge in [0.05, 0.1) is 11.3 Å². The van der Waals surface area contributed by atoms with Gasteiger partial charge in [0.15, 0.2) is 17.4 Å². The maximum atomic E-state index is 10.7. The lowest BCUT2D eigenvalue weighted by atomic mass is 10.2. The van der Waals surface area contributed by atoms with Gasteiger partial charge in [-0.1, -0.05) is 0 Å². The van der Waals surface area contributed by atoms with Crippen molar-refractivity contribution in [2.75, 3.05) is 5.43 Å². The van der Waals surface area contributed by atoms with Crippen LogP contribution in [0.5, 0.6) is 0 Å². The lowest BCUT2D eigenvalue weighted by molar-refractivity contribution is 0.0697. The molecule has 1 aromatic rings. The van der Waals surface area contributed by atoms with Gasteiger partial charge in [0.1, 0.15) is 0 Å². The fourth-order valence-electron chi connectivity index (χ4n) is 1.26. The first-order chi connectivity index (χ1) is 8.58. The first-order valence-electron chi connectivity index (χ1n) is 4.92. The summed E-state index contributed by atoms with van der Waals surface area (Å²) in [5.41, 5.74) is 14.7. The van der Waals surface area contributed by atoms with Crippen LogP contribution in [-0.4, -0.2) is 28.5 Å². The Morgan fingerprint density at radius 3 is 2.22 bits per heavy atom. The molecule has 0 spiro atoms. The van der Waals surface area contributed by atoms with E-state index in [4.69, 9.17) is 16.6 Å². The van der Waals surface area contributed by atoms with Crippen molar-refractivity contribution < 1.29 is 9.90 Å². The SMILES string of the molecule is NC1=NN=C(N)C1=NNc1ccc(C(=O)O)cc1. The molecule has 8 nitrogen and oxygen atoms in total. The minimum absolute atomic E-state index is 0.127. The van der Waals surface area contributed by atoms with Crippen molar-refractivity contribution in [2.24, 2.45) is 26.8 Å². The van der Waals surface area contributed by atoms with Crippen LogP contribution >= 0.6 is 0 Å². The van der Waals surface area contributed by atoms with Crippen LogP contribution in [-0.2, 0) is 0 Å². The molecule has 2 rings (SSSR count). The van der Waals surface area contributed by atoms with Gasteiger partial charge < -0.3 is 16.6 Å². The zero-order valence-electron chi connectivity index (χ0n) is 9.16. The monoisotopic (exact) mass is 246 g/mol. The Bertz CT molecular complexity index is 553. The summed E-state index contributed by atoms with van der Waals surface area (Å²) in [5, 5.41) is 19.8. The number of anilines is 1. The number of carboxylic acid groups (broad SMARTS) is 1. The molecule has 0 saturated heterocycles. The van der Waals surface area contributed by atoms with Gasteiger partial charge in [-0.25, -0.2) is 4.79 Å². The van der Waals surface area contributed by atoms with E-state index in [0.717, 1.165) is 0 Å². The number of aromatic carboxylic acids is 1. The number of rotatable bonds is 3. The van der Waals surface area contributed by atoms with Crippen molar-refractivity contribution in [3.8, 4) is 0 Å². The Morgan fingerprint density at radius 1 is 1.17 bits per heavy atom. The highest BCUT2D eigenvalue weighted by Gasteiger charge is 2.16. The number of carbonyl (C=O) groups is 1. The smallest absolute Gasteiger partial charge is 0.335 e. The summed E-state index contributed by atoms with van der Waals surface area (Å²) in [6, 6.07) is 6.05. The molecule has 0 amide bonds. The minimum Gasteiger partial charge on any atom is -0.478 e. The number of nitrogens with one attached hydrogen (secondary N) is 1. The highest BCUT2D eigenvalue weighted by atomic mass is 16.4. The van der Waals surface area contributed by atoms with Crippen molar-refractivity contribution in [3.05, 3.63) is 29.8 Å². The second kappa shape index (κ2) is 4.53. The van der Waals surface area contributed by atoms with Crippen molar-refractivity contribution in [3.63, 3.8) is 0 Å². The van der Waals surface area contributed by atoms with E-state index < -0.39 is 5.97 Å². The maximum absolute atomic E-state index is 10.7. The van der Waals surface area contributed by atoms with Crippen molar-refractivity contribution in [2.45, 2.75) is 0 Å². The molecule has 0 saturated carbocycles. The van der Waals surface area contributed by atoms with Gasteiger partial charge in [-0.15, -0.1) is 10.2 Å². The van der Waals surface area contributed by atoms with Crippen molar-refractivity contribution in [1.82, 2.24) is 0 Å². The van der Waals surface area contributed by atoms with Crippen molar-refractivity contribution >= 4 is 29.0 Å². The summed E-state index contributed by atoms with van der Waals surface area (Å²) in [4.78, 5) is 10.7. The van der Waals surface area contributed by atoms with E-state index in [0.29, 0.717) is 5.69 Å². The number of hydrazone groups is 1. The lowest BCUT2D eigenvalue weighted by Gasteiger charge is -2.02. The molecular weight excluding hydrogens is 236 g/mol. The molecule has 0 aromatic heterocycles. The quantitative estimate of drug-likeness (QED) is 0.547. The van der Waals surface area contributed by atoms with E-state index in [1.54, 1.807) is 12.1 Å². The zero-order chi connectivity index (χ0) is 13.1. The lowest BCUT2D eigenvalue weighted by Crippen LogP contribution is -2.32. The third-order valence-electron chi connectivity index (χ3n) is 2.18. The summed E-state index contributed by atoms with van der Waals surface area (Å²) >= 11 is 0. The number of nitrogens with two attached hydrogens (primary N) is 2. The second-order valence-corrected chi connectivity index (χ2v) is 3.43. The predicted molar refractivity (Wildman–Crippen MR) is 67.7 cm³/mol. The molecule has 0 bridgehead atoms. The average molecular weight is 246 g/mol. The molecule has 6 N–H and O–H groups in total. The van der Waals surface area contributed by atoms with Crippen LogP contribution in [0.4, 0.5) is 5.69 Å². The van der Waals surface area contributed by atoms with Crippen LogP contribution in [0.3, 0.4) is 0 Å². The molecule has 1 aromatic carbocycles. The van der Waals surface area contributed by atoms with Crippen LogP contribution in [0, 0.1) is 0 Å². The molecule has 18 heavy (non-hydrogen) atoms. The molecule has 0 aliphatic carbocycles. The molecule has 1 aliphatic rings. The van der Waals surface area contributed by atoms with E-state index in [2.05, 4.69) is 20.7 Å². The van der Waals surface area contributed by atoms with Gasteiger partial charge in [-0.05, 0) is 24.3 Å². The number of nitrogens with zero attached hydrogens (tertiary/aromatic N) is 3. The molecule has 0 radical (unpaired) electrons. The van der Waals surface area contributed by atoms with E-state index in [9.17, 15) is 4.79 Å². The minimum atomic E-state index is -0.989. The van der Waals surface area contributed by atoms with E-state index in [-0.39, 0.29) is 22.9 Å². The first-order valence-corrected chi connectivity index (χ1v) is 4.92. The maximum Gasteiger partial charge on any atom is 0.335 e. The number of benzene rings is 1. The number of hydrogen-bond donors (Lipinski definition) is 4. The summed E-state index contributed by atoms with van der Waals surface area (Å²) in [6.07, 6.45) is 0. The first kappa shape index (κ1) is 11.6. The van der Waals surface area contributed by atoms with E-state index in [1.165, 1.54) is 12.1 Å². The molecule has 1 heterocycles. The van der Waals surface area contributed by atoms with Crippen LogP contribution in [0.25, 0.3) is 0 Å². The Hall–Kier alpha value is -2.90. The zero-order valence-corrected chi connectivity index (χ0v) is 9.16. The normalized spacial score (nSPS) is 13.9. The molecule has 0 atom stereocenters. The fourth-order valence-corrected chi connectivity index (χ4v) is 1.26.